The summed E-state index contributed by atoms with van der Waals surface area (Å²) in [7, 11) is 0. The van der Waals surface area contributed by atoms with Crippen molar-refractivity contribution in [2.75, 3.05) is 0 Å². The fraction of sp³-hybridized carbons (Fsp3) is 0.957. The van der Waals surface area contributed by atoms with Crippen molar-refractivity contribution in [3.8, 4) is 0 Å². The van der Waals surface area contributed by atoms with E-state index in [0.717, 1.165) is 48.9 Å². The minimum absolute atomic E-state index is 0.295. The molecule has 5 fully saturated rings. The Hall–Kier alpha value is -0.370. The molecule has 0 radical (unpaired) electrons. The number of aliphatic hydroxyl groups is 1. The van der Waals surface area contributed by atoms with E-state index in [4.69, 9.17) is 0 Å². The summed E-state index contributed by atoms with van der Waals surface area (Å²) < 4.78 is 0. The third-order valence-electron chi connectivity index (χ3n) is 9.87. The van der Waals surface area contributed by atoms with Crippen molar-refractivity contribution in [3.05, 3.63) is 0 Å². The summed E-state index contributed by atoms with van der Waals surface area (Å²) in [6, 6.07) is 0. The predicted molar refractivity (Wildman–Crippen MR) is 99.0 cm³/mol. The molecule has 5 aliphatic carbocycles. The Morgan fingerprint density at radius 2 is 1.64 bits per heavy atom. The zero-order chi connectivity index (χ0) is 17.4. The minimum Gasteiger partial charge on any atom is -0.390 e. The zero-order valence-electron chi connectivity index (χ0n) is 16.2. The largest absolute Gasteiger partial charge is 0.390 e. The van der Waals surface area contributed by atoms with Gasteiger partial charge in [0.25, 0.3) is 0 Å². The van der Waals surface area contributed by atoms with Gasteiger partial charge in [-0.2, -0.15) is 0 Å². The second-order valence-electron chi connectivity index (χ2n) is 10.8. The van der Waals surface area contributed by atoms with Crippen LogP contribution in [-0.2, 0) is 4.79 Å². The molecule has 1 N–H and O–H groups in total. The molecule has 0 saturated heterocycles. The first-order chi connectivity index (χ1) is 11.9. The molecule has 140 valence electrons. The molecule has 0 spiro atoms. The van der Waals surface area contributed by atoms with Crippen molar-refractivity contribution in [1.29, 1.82) is 0 Å². The topological polar surface area (TPSA) is 37.3 Å². The highest BCUT2D eigenvalue weighted by Gasteiger charge is 2.59. The van der Waals surface area contributed by atoms with Gasteiger partial charge in [-0.25, -0.2) is 0 Å². The summed E-state index contributed by atoms with van der Waals surface area (Å²) in [5, 5.41) is 11.1. The van der Waals surface area contributed by atoms with Crippen LogP contribution < -0.4 is 0 Å². The SMILES string of the molecule is CC(=O)[C@H]1CC[C@H]2[C@@H]3CC[C@@H]4C[C@@](O)(C5CC5)CC[C@@H]4[C@H]3CC[C@]12C. The van der Waals surface area contributed by atoms with Gasteiger partial charge in [0.2, 0.25) is 0 Å². The zero-order valence-corrected chi connectivity index (χ0v) is 16.2. The van der Waals surface area contributed by atoms with E-state index < -0.39 is 0 Å². The first-order valence-electron chi connectivity index (χ1n) is 11.2. The second-order valence-corrected chi connectivity index (χ2v) is 10.8. The Kier molecular flexibility index (Phi) is 3.74. The number of hydrogen-bond acceptors (Lipinski definition) is 2. The van der Waals surface area contributed by atoms with E-state index in [1.54, 1.807) is 0 Å². The number of Topliss-reactive ketones (excluding diaryl/α,β-unsaturated/α-hetero) is 1. The lowest BCUT2D eigenvalue weighted by Crippen LogP contribution is -2.51. The van der Waals surface area contributed by atoms with Gasteiger partial charge in [0.05, 0.1) is 5.60 Å². The Morgan fingerprint density at radius 1 is 0.880 bits per heavy atom. The molecule has 2 heteroatoms. The van der Waals surface area contributed by atoms with Gasteiger partial charge in [-0.05, 0) is 118 Å². The first-order valence-corrected chi connectivity index (χ1v) is 11.2. The molecule has 5 rings (SSSR count). The highest BCUT2D eigenvalue weighted by atomic mass is 16.3. The van der Waals surface area contributed by atoms with Crippen LogP contribution >= 0.6 is 0 Å². The summed E-state index contributed by atoms with van der Waals surface area (Å²) >= 11 is 0. The van der Waals surface area contributed by atoms with Crippen LogP contribution in [-0.4, -0.2) is 16.5 Å². The number of rotatable bonds is 2. The highest BCUT2D eigenvalue weighted by molar-refractivity contribution is 5.79. The Labute approximate surface area is 153 Å². The van der Waals surface area contributed by atoms with Gasteiger partial charge in [-0.3, -0.25) is 4.79 Å². The number of hydrogen-bond donors (Lipinski definition) is 1. The molecular weight excluding hydrogens is 308 g/mol. The van der Waals surface area contributed by atoms with Crippen molar-refractivity contribution in [3.63, 3.8) is 0 Å². The smallest absolute Gasteiger partial charge is 0.133 e. The highest BCUT2D eigenvalue weighted by Crippen LogP contribution is 2.65. The average Bonchev–Trinajstić information content (AvgIpc) is 3.36. The van der Waals surface area contributed by atoms with Gasteiger partial charge in [0.15, 0.2) is 0 Å². The molecule has 0 bridgehead atoms. The van der Waals surface area contributed by atoms with E-state index in [1.165, 1.54) is 51.4 Å². The van der Waals surface area contributed by atoms with E-state index >= 15 is 0 Å². The molecule has 5 aliphatic rings. The predicted octanol–water partition coefficient (Wildman–Crippen LogP) is 4.99. The Morgan fingerprint density at radius 3 is 2.36 bits per heavy atom. The summed E-state index contributed by atoms with van der Waals surface area (Å²) in [6.45, 7) is 4.28. The van der Waals surface area contributed by atoms with Crippen LogP contribution in [0.2, 0.25) is 0 Å². The molecule has 0 heterocycles. The van der Waals surface area contributed by atoms with Crippen LogP contribution in [0.1, 0.15) is 84.5 Å². The Balaban J connectivity index is 1.35. The molecular formula is C23H36O2. The normalized spacial score (nSPS) is 55.2. The monoisotopic (exact) mass is 344 g/mol. The van der Waals surface area contributed by atoms with E-state index in [-0.39, 0.29) is 5.60 Å². The van der Waals surface area contributed by atoms with E-state index in [9.17, 15) is 9.90 Å². The molecule has 0 aliphatic heterocycles. The van der Waals surface area contributed by atoms with E-state index in [0.29, 0.717) is 23.0 Å². The molecule has 25 heavy (non-hydrogen) atoms. The lowest BCUT2D eigenvalue weighted by Gasteiger charge is -2.57. The van der Waals surface area contributed by atoms with Crippen LogP contribution in [0.25, 0.3) is 0 Å². The fourth-order valence-corrected chi connectivity index (χ4v) is 8.57. The molecule has 0 aromatic carbocycles. The van der Waals surface area contributed by atoms with Crippen molar-refractivity contribution in [2.24, 2.45) is 46.8 Å². The quantitative estimate of drug-likeness (QED) is 0.766. The Bertz CT molecular complexity index is 566. The van der Waals surface area contributed by atoms with Crippen LogP contribution in [0.4, 0.5) is 0 Å². The molecule has 2 nitrogen and oxygen atoms in total. The van der Waals surface area contributed by atoms with Crippen LogP contribution in [0.5, 0.6) is 0 Å². The van der Waals surface area contributed by atoms with Crippen LogP contribution in [0.3, 0.4) is 0 Å². The average molecular weight is 345 g/mol. The summed E-state index contributed by atoms with van der Waals surface area (Å²) in [6.07, 6.45) is 13.8. The molecule has 0 amide bonds. The van der Waals surface area contributed by atoms with E-state index in [2.05, 4.69) is 6.92 Å². The third kappa shape index (κ3) is 2.42. The summed E-state index contributed by atoms with van der Waals surface area (Å²) in [5.41, 5.74) is -0.00643. The maximum atomic E-state index is 12.2. The van der Waals surface area contributed by atoms with Crippen LogP contribution in [0, 0.1) is 46.8 Å². The first kappa shape index (κ1) is 16.8. The molecule has 5 saturated carbocycles. The lowest BCUT2D eigenvalue weighted by molar-refractivity contribution is -0.132. The van der Waals surface area contributed by atoms with Crippen molar-refractivity contribution in [2.45, 2.75) is 90.1 Å². The van der Waals surface area contributed by atoms with Gasteiger partial charge in [0.1, 0.15) is 5.78 Å². The molecule has 8 atom stereocenters. The molecule has 0 aromatic rings. The van der Waals surface area contributed by atoms with Crippen molar-refractivity contribution < 1.29 is 9.90 Å². The molecule has 0 unspecified atom stereocenters. The van der Waals surface area contributed by atoms with Crippen molar-refractivity contribution in [1.82, 2.24) is 0 Å². The van der Waals surface area contributed by atoms with Gasteiger partial charge < -0.3 is 5.11 Å². The number of ketones is 1. The maximum absolute atomic E-state index is 12.2. The number of carbonyl (C=O) groups excluding carboxylic acids is 1. The summed E-state index contributed by atoms with van der Waals surface area (Å²) in [5.74, 6) is 5.64. The standard InChI is InChI=1S/C23H36O2/c1-14(24)20-7-8-21-19-6-3-15-13-23(25,16-4-5-16)12-10-17(15)18(19)9-11-22(20,21)2/h15-21,25H,3-13H2,1-2H3/t15-,17+,18-,19-,20-,21+,22-,23-/m1/s1. The van der Waals surface area contributed by atoms with Gasteiger partial charge in [0, 0.05) is 5.92 Å². The van der Waals surface area contributed by atoms with Crippen LogP contribution in [0.15, 0.2) is 0 Å². The third-order valence-corrected chi connectivity index (χ3v) is 9.87. The summed E-state index contributed by atoms with van der Waals surface area (Å²) in [4.78, 5) is 12.2. The lowest BCUT2D eigenvalue weighted by atomic mass is 9.48. The number of fused-ring (bicyclic) bond motifs is 5. The molecule has 0 aromatic heterocycles. The van der Waals surface area contributed by atoms with Gasteiger partial charge in [-0.1, -0.05) is 6.92 Å². The second kappa shape index (κ2) is 5.57. The maximum Gasteiger partial charge on any atom is 0.133 e. The minimum atomic E-state index is -0.301. The number of carbonyl (C=O) groups is 1. The van der Waals surface area contributed by atoms with E-state index in [1.807, 2.05) is 6.92 Å². The fourth-order valence-electron chi connectivity index (χ4n) is 8.57. The van der Waals surface area contributed by atoms with Gasteiger partial charge >= 0.3 is 0 Å². The van der Waals surface area contributed by atoms with Gasteiger partial charge in [-0.15, -0.1) is 0 Å². The van der Waals surface area contributed by atoms with Crippen molar-refractivity contribution >= 4 is 5.78 Å².